The molecule has 4 nitrogen and oxygen atoms in total. The van der Waals surface area contributed by atoms with E-state index in [1.165, 1.54) is 32.4 Å². The second-order valence-corrected chi connectivity index (χ2v) is 4.60. The van der Waals surface area contributed by atoms with Gasteiger partial charge in [0, 0.05) is 19.0 Å². The van der Waals surface area contributed by atoms with Crippen molar-refractivity contribution in [1.82, 2.24) is 15.3 Å². The van der Waals surface area contributed by atoms with Crippen LogP contribution in [0.15, 0.2) is 18.6 Å². The standard InChI is InChI=1S/C13H21N3O/c1-3-12(9-14-5-1)4-2-8-17-11-13-10-15-6-7-16-13/h6-7,10,12,14H,1-5,8-9,11H2/t12-/m0/s1. The molecule has 17 heavy (non-hydrogen) atoms. The van der Waals surface area contributed by atoms with Gasteiger partial charge in [0.2, 0.25) is 0 Å². The van der Waals surface area contributed by atoms with Gasteiger partial charge in [-0.3, -0.25) is 9.97 Å². The van der Waals surface area contributed by atoms with Crippen LogP contribution in [0.5, 0.6) is 0 Å². The van der Waals surface area contributed by atoms with E-state index in [-0.39, 0.29) is 0 Å². The van der Waals surface area contributed by atoms with Gasteiger partial charge in [0.05, 0.1) is 18.5 Å². The fourth-order valence-electron chi connectivity index (χ4n) is 2.23. The Hall–Kier alpha value is -1.00. The predicted molar refractivity (Wildman–Crippen MR) is 66.5 cm³/mol. The lowest BCUT2D eigenvalue weighted by Crippen LogP contribution is -2.29. The third-order valence-electron chi connectivity index (χ3n) is 3.17. The van der Waals surface area contributed by atoms with Gasteiger partial charge in [-0.25, -0.2) is 0 Å². The van der Waals surface area contributed by atoms with Crippen molar-refractivity contribution < 1.29 is 4.74 Å². The van der Waals surface area contributed by atoms with Gasteiger partial charge in [-0.1, -0.05) is 0 Å². The molecule has 0 amide bonds. The average molecular weight is 235 g/mol. The molecule has 0 radical (unpaired) electrons. The molecule has 1 aliphatic heterocycles. The fourth-order valence-corrected chi connectivity index (χ4v) is 2.23. The maximum absolute atomic E-state index is 5.59. The number of aromatic nitrogens is 2. The highest BCUT2D eigenvalue weighted by Gasteiger charge is 2.11. The molecule has 94 valence electrons. The number of rotatable bonds is 6. The molecule has 0 unspecified atom stereocenters. The lowest BCUT2D eigenvalue weighted by atomic mass is 9.95. The average Bonchev–Trinajstić information content (AvgIpc) is 2.41. The van der Waals surface area contributed by atoms with E-state index in [1.54, 1.807) is 18.6 Å². The molecular formula is C13H21N3O. The molecule has 1 aliphatic rings. The van der Waals surface area contributed by atoms with Crippen LogP contribution in [-0.4, -0.2) is 29.7 Å². The van der Waals surface area contributed by atoms with Crippen molar-refractivity contribution in [2.45, 2.75) is 32.3 Å². The van der Waals surface area contributed by atoms with Crippen molar-refractivity contribution >= 4 is 0 Å². The summed E-state index contributed by atoms with van der Waals surface area (Å²) in [7, 11) is 0. The van der Waals surface area contributed by atoms with E-state index in [0.29, 0.717) is 6.61 Å². The quantitative estimate of drug-likeness (QED) is 0.763. The number of hydrogen-bond acceptors (Lipinski definition) is 4. The van der Waals surface area contributed by atoms with E-state index >= 15 is 0 Å². The van der Waals surface area contributed by atoms with Crippen molar-refractivity contribution in [2.75, 3.05) is 19.7 Å². The Morgan fingerprint density at radius 3 is 3.18 bits per heavy atom. The van der Waals surface area contributed by atoms with E-state index in [9.17, 15) is 0 Å². The molecule has 1 fully saturated rings. The normalized spacial score (nSPS) is 20.4. The summed E-state index contributed by atoms with van der Waals surface area (Å²) in [5.41, 5.74) is 0.909. The third kappa shape index (κ3) is 4.79. The Morgan fingerprint density at radius 1 is 1.41 bits per heavy atom. The van der Waals surface area contributed by atoms with Crippen molar-refractivity contribution in [3.8, 4) is 0 Å². The summed E-state index contributed by atoms with van der Waals surface area (Å²) in [5.74, 6) is 0.851. The van der Waals surface area contributed by atoms with Crippen LogP contribution >= 0.6 is 0 Å². The Morgan fingerprint density at radius 2 is 2.41 bits per heavy atom. The van der Waals surface area contributed by atoms with Gasteiger partial charge in [-0.2, -0.15) is 0 Å². The van der Waals surface area contributed by atoms with Crippen LogP contribution in [0.2, 0.25) is 0 Å². The van der Waals surface area contributed by atoms with E-state index in [0.717, 1.165) is 24.6 Å². The molecule has 0 saturated carbocycles. The summed E-state index contributed by atoms with van der Waals surface area (Å²) in [6.45, 7) is 3.79. The molecule has 0 aromatic carbocycles. The second kappa shape index (κ2) is 7.35. The predicted octanol–water partition coefficient (Wildman–Crippen LogP) is 1.77. The summed E-state index contributed by atoms with van der Waals surface area (Å²) in [6, 6.07) is 0. The zero-order chi connectivity index (χ0) is 11.8. The summed E-state index contributed by atoms with van der Waals surface area (Å²) < 4.78 is 5.59. The van der Waals surface area contributed by atoms with E-state index in [2.05, 4.69) is 15.3 Å². The van der Waals surface area contributed by atoms with Crippen LogP contribution < -0.4 is 5.32 Å². The molecule has 1 atom stereocenters. The summed E-state index contributed by atoms with van der Waals surface area (Å²) >= 11 is 0. The molecule has 1 saturated heterocycles. The van der Waals surface area contributed by atoms with Crippen molar-refractivity contribution in [3.05, 3.63) is 24.3 Å². The summed E-state index contributed by atoms with van der Waals surface area (Å²) in [4.78, 5) is 8.17. The van der Waals surface area contributed by atoms with Crippen LogP contribution in [0, 0.1) is 5.92 Å². The van der Waals surface area contributed by atoms with Gasteiger partial charge in [-0.15, -0.1) is 0 Å². The van der Waals surface area contributed by atoms with Gasteiger partial charge in [0.1, 0.15) is 0 Å². The number of nitrogens with one attached hydrogen (secondary N) is 1. The van der Waals surface area contributed by atoms with Crippen LogP contribution in [0.4, 0.5) is 0 Å². The molecule has 1 aromatic heterocycles. The zero-order valence-corrected chi connectivity index (χ0v) is 10.3. The van der Waals surface area contributed by atoms with Gasteiger partial charge < -0.3 is 10.1 Å². The highest BCUT2D eigenvalue weighted by Crippen LogP contribution is 2.15. The van der Waals surface area contributed by atoms with E-state index in [4.69, 9.17) is 4.74 Å². The van der Waals surface area contributed by atoms with Gasteiger partial charge in [-0.05, 0) is 44.7 Å². The smallest absolute Gasteiger partial charge is 0.0903 e. The SMILES string of the molecule is c1cnc(COCCC[C@@H]2CCCNC2)cn1. The number of piperidine rings is 1. The van der Waals surface area contributed by atoms with Crippen molar-refractivity contribution in [2.24, 2.45) is 5.92 Å². The minimum Gasteiger partial charge on any atom is -0.375 e. The lowest BCUT2D eigenvalue weighted by Gasteiger charge is -2.22. The Bertz CT molecular complexity index is 299. The molecule has 0 bridgehead atoms. The largest absolute Gasteiger partial charge is 0.375 e. The highest BCUT2D eigenvalue weighted by molar-refractivity contribution is 4.91. The first kappa shape index (κ1) is 12.5. The second-order valence-electron chi connectivity index (χ2n) is 4.60. The minimum absolute atomic E-state index is 0.580. The molecule has 2 rings (SSSR count). The first-order chi connectivity index (χ1) is 8.45. The Kier molecular flexibility index (Phi) is 5.39. The number of ether oxygens (including phenoxy) is 1. The van der Waals surface area contributed by atoms with Crippen molar-refractivity contribution in [1.29, 1.82) is 0 Å². The van der Waals surface area contributed by atoms with Crippen LogP contribution in [0.1, 0.15) is 31.4 Å². The lowest BCUT2D eigenvalue weighted by molar-refractivity contribution is 0.110. The highest BCUT2D eigenvalue weighted by atomic mass is 16.5. The monoisotopic (exact) mass is 235 g/mol. The molecule has 0 aliphatic carbocycles. The van der Waals surface area contributed by atoms with Crippen LogP contribution in [0.25, 0.3) is 0 Å². The maximum Gasteiger partial charge on any atom is 0.0903 e. The molecule has 4 heteroatoms. The molecule has 1 N–H and O–H groups in total. The third-order valence-corrected chi connectivity index (χ3v) is 3.17. The Labute approximate surface area is 103 Å². The molecule has 1 aromatic rings. The first-order valence-corrected chi connectivity index (χ1v) is 6.48. The Balaban J connectivity index is 1.51. The first-order valence-electron chi connectivity index (χ1n) is 6.48. The fraction of sp³-hybridized carbons (Fsp3) is 0.692. The van der Waals surface area contributed by atoms with E-state index < -0.39 is 0 Å². The van der Waals surface area contributed by atoms with Gasteiger partial charge >= 0.3 is 0 Å². The zero-order valence-electron chi connectivity index (χ0n) is 10.3. The van der Waals surface area contributed by atoms with E-state index in [1.807, 2.05) is 0 Å². The summed E-state index contributed by atoms with van der Waals surface area (Å²) in [6.07, 6.45) is 10.2. The minimum atomic E-state index is 0.580. The molecule has 2 heterocycles. The van der Waals surface area contributed by atoms with Crippen LogP contribution in [-0.2, 0) is 11.3 Å². The van der Waals surface area contributed by atoms with Crippen LogP contribution in [0.3, 0.4) is 0 Å². The topological polar surface area (TPSA) is 47.0 Å². The maximum atomic E-state index is 5.59. The number of hydrogen-bond donors (Lipinski definition) is 1. The van der Waals surface area contributed by atoms with Crippen molar-refractivity contribution in [3.63, 3.8) is 0 Å². The van der Waals surface area contributed by atoms with Gasteiger partial charge in [0.15, 0.2) is 0 Å². The molecule has 0 spiro atoms. The summed E-state index contributed by atoms with van der Waals surface area (Å²) in [5, 5.41) is 3.44. The molecular weight excluding hydrogens is 214 g/mol. The number of nitrogens with zero attached hydrogens (tertiary/aromatic N) is 2. The van der Waals surface area contributed by atoms with Gasteiger partial charge in [0.25, 0.3) is 0 Å².